The topological polar surface area (TPSA) is 123 Å². The van der Waals surface area contributed by atoms with Gasteiger partial charge in [0.25, 0.3) is 0 Å². The lowest BCUT2D eigenvalue weighted by atomic mass is 9.86. The molecule has 0 saturated heterocycles. The van der Waals surface area contributed by atoms with Crippen molar-refractivity contribution < 1.29 is 9.59 Å². The summed E-state index contributed by atoms with van der Waals surface area (Å²) in [6.07, 6.45) is 8.04. The fourth-order valence-corrected chi connectivity index (χ4v) is 3.54. The summed E-state index contributed by atoms with van der Waals surface area (Å²) < 4.78 is 0. The lowest BCUT2D eigenvalue weighted by Crippen LogP contribution is -2.39. The van der Waals surface area contributed by atoms with Crippen molar-refractivity contribution in [1.29, 1.82) is 0 Å². The van der Waals surface area contributed by atoms with Crippen molar-refractivity contribution in [3.63, 3.8) is 0 Å². The quantitative estimate of drug-likeness (QED) is 0.577. The molecule has 0 aromatic carbocycles. The van der Waals surface area contributed by atoms with Gasteiger partial charge in [-0.05, 0) is 48.9 Å². The summed E-state index contributed by atoms with van der Waals surface area (Å²) in [7, 11) is 0. The average Bonchev–Trinajstić information content (AvgIpc) is 2.66. The van der Waals surface area contributed by atoms with Crippen LogP contribution in [0.2, 0.25) is 0 Å². The van der Waals surface area contributed by atoms with Crippen LogP contribution in [0.1, 0.15) is 25.3 Å². The molecule has 2 amide bonds. The molecule has 0 atom stereocenters. The van der Waals surface area contributed by atoms with E-state index in [2.05, 4.69) is 25.6 Å². The minimum Gasteiger partial charge on any atom is -0.383 e. The van der Waals surface area contributed by atoms with E-state index in [1.807, 2.05) is 19.1 Å². The van der Waals surface area contributed by atoms with E-state index < -0.39 is 0 Å². The van der Waals surface area contributed by atoms with Crippen molar-refractivity contribution in [1.82, 2.24) is 20.3 Å². The highest BCUT2D eigenvalue weighted by molar-refractivity contribution is 6.01. The maximum Gasteiger partial charge on any atom is 0.249 e. The summed E-state index contributed by atoms with van der Waals surface area (Å²) in [4.78, 5) is 36.3. The molecule has 0 spiro atoms. The van der Waals surface area contributed by atoms with Crippen LogP contribution in [0, 0.1) is 6.92 Å². The van der Waals surface area contributed by atoms with Gasteiger partial charge in [-0.3, -0.25) is 14.6 Å². The highest BCUT2D eigenvalue weighted by atomic mass is 16.2. The Kier molecular flexibility index (Phi) is 5.14. The Balaban J connectivity index is 1.54. The smallest absolute Gasteiger partial charge is 0.249 e. The first-order valence-electron chi connectivity index (χ1n) is 9.64. The number of aromatic nitrogens is 3. The number of anilines is 2. The monoisotopic (exact) mass is 402 g/mol. The van der Waals surface area contributed by atoms with Crippen LogP contribution in [-0.2, 0) is 9.59 Å². The van der Waals surface area contributed by atoms with Crippen molar-refractivity contribution in [2.75, 3.05) is 11.1 Å². The number of nitrogen functional groups attached to an aromatic ring is 1. The van der Waals surface area contributed by atoms with Gasteiger partial charge in [0.15, 0.2) is 0 Å². The summed E-state index contributed by atoms with van der Waals surface area (Å²) >= 11 is 0. The second-order valence-electron chi connectivity index (χ2n) is 7.47. The molecule has 1 aliphatic rings. The predicted molar refractivity (Wildman–Crippen MR) is 115 cm³/mol. The SMILES string of the molecule is CC(=O)NC1CC(=CC(=O)Nc2cc3cc(-c4cnccc4C)nc(N)c3cn2)C1. The number of hydrogen-bond donors (Lipinski definition) is 3. The Morgan fingerprint density at radius 3 is 2.77 bits per heavy atom. The molecule has 3 heterocycles. The first-order chi connectivity index (χ1) is 14.4. The molecule has 0 radical (unpaired) electrons. The lowest BCUT2D eigenvalue weighted by Gasteiger charge is -2.29. The Labute approximate surface area is 173 Å². The molecule has 3 aromatic heterocycles. The Hall–Kier alpha value is -3.81. The maximum atomic E-state index is 12.3. The predicted octanol–water partition coefficient (Wildman–Crippen LogP) is 2.75. The van der Waals surface area contributed by atoms with Crippen LogP contribution in [0.25, 0.3) is 22.0 Å². The van der Waals surface area contributed by atoms with Gasteiger partial charge in [-0.1, -0.05) is 5.57 Å². The average molecular weight is 402 g/mol. The van der Waals surface area contributed by atoms with Gasteiger partial charge in [-0.15, -0.1) is 0 Å². The molecule has 30 heavy (non-hydrogen) atoms. The van der Waals surface area contributed by atoms with Gasteiger partial charge in [0, 0.05) is 48.6 Å². The minimum atomic E-state index is -0.247. The molecule has 0 bridgehead atoms. The van der Waals surface area contributed by atoms with E-state index in [4.69, 9.17) is 5.73 Å². The van der Waals surface area contributed by atoms with Gasteiger partial charge in [-0.25, -0.2) is 9.97 Å². The van der Waals surface area contributed by atoms with Crippen molar-refractivity contribution in [3.05, 3.63) is 54.0 Å². The molecule has 3 aromatic rings. The third-order valence-electron chi connectivity index (χ3n) is 5.07. The van der Waals surface area contributed by atoms with Crippen molar-refractivity contribution in [2.24, 2.45) is 0 Å². The fraction of sp³-hybridized carbons (Fsp3) is 0.227. The number of nitrogens with one attached hydrogen (secondary N) is 2. The Bertz CT molecular complexity index is 1180. The highest BCUT2D eigenvalue weighted by Gasteiger charge is 2.24. The first kappa shape index (κ1) is 19.5. The number of nitrogens with zero attached hydrogens (tertiary/aromatic N) is 3. The van der Waals surface area contributed by atoms with Crippen LogP contribution >= 0.6 is 0 Å². The number of carbonyl (C=O) groups excluding carboxylic acids is 2. The van der Waals surface area contributed by atoms with Crippen LogP contribution in [0.4, 0.5) is 11.6 Å². The highest BCUT2D eigenvalue weighted by Crippen LogP contribution is 2.29. The summed E-state index contributed by atoms with van der Waals surface area (Å²) in [5.74, 6) is 0.500. The van der Waals surface area contributed by atoms with E-state index in [0.29, 0.717) is 29.9 Å². The van der Waals surface area contributed by atoms with E-state index in [9.17, 15) is 9.59 Å². The molecule has 8 nitrogen and oxygen atoms in total. The van der Waals surface area contributed by atoms with Gasteiger partial charge >= 0.3 is 0 Å². The van der Waals surface area contributed by atoms with Crippen LogP contribution in [0.15, 0.2) is 48.4 Å². The lowest BCUT2D eigenvalue weighted by molar-refractivity contribution is -0.119. The second kappa shape index (κ2) is 7.90. The Morgan fingerprint density at radius 1 is 1.23 bits per heavy atom. The molecule has 0 unspecified atom stereocenters. The summed E-state index contributed by atoms with van der Waals surface area (Å²) in [6.45, 7) is 3.48. The molecule has 1 saturated carbocycles. The van der Waals surface area contributed by atoms with E-state index >= 15 is 0 Å². The van der Waals surface area contributed by atoms with Crippen LogP contribution < -0.4 is 16.4 Å². The number of aryl methyl sites for hydroxylation is 1. The van der Waals surface area contributed by atoms with Gasteiger partial charge in [0.05, 0.1) is 5.69 Å². The zero-order chi connectivity index (χ0) is 21.3. The first-order valence-corrected chi connectivity index (χ1v) is 9.64. The molecule has 4 rings (SSSR count). The number of amides is 2. The Morgan fingerprint density at radius 2 is 2.03 bits per heavy atom. The molecular formula is C22H22N6O2. The van der Waals surface area contributed by atoms with Crippen LogP contribution in [-0.4, -0.2) is 32.8 Å². The fourth-order valence-electron chi connectivity index (χ4n) is 3.54. The number of rotatable bonds is 4. The largest absolute Gasteiger partial charge is 0.383 e. The van der Waals surface area contributed by atoms with Crippen LogP contribution in [0.5, 0.6) is 0 Å². The van der Waals surface area contributed by atoms with Gasteiger partial charge in [0.1, 0.15) is 11.6 Å². The number of carbonyl (C=O) groups is 2. The second-order valence-corrected chi connectivity index (χ2v) is 7.47. The number of hydrogen-bond acceptors (Lipinski definition) is 6. The molecule has 4 N–H and O–H groups in total. The maximum absolute atomic E-state index is 12.3. The molecular weight excluding hydrogens is 380 g/mol. The molecule has 1 aliphatic carbocycles. The zero-order valence-corrected chi connectivity index (χ0v) is 16.8. The van der Waals surface area contributed by atoms with Crippen molar-refractivity contribution >= 4 is 34.2 Å². The van der Waals surface area contributed by atoms with E-state index in [1.54, 1.807) is 30.7 Å². The van der Waals surface area contributed by atoms with Gasteiger partial charge in [0.2, 0.25) is 11.8 Å². The summed E-state index contributed by atoms with van der Waals surface area (Å²) in [5.41, 5.74) is 9.79. The number of fused-ring (bicyclic) bond motifs is 1. The zero-order valence-electron chi connectivity index (χ0n) is 16.8. The van der Waals surface area contributed by atoms with Gasteiger partial charge < -0.3 is 16.4 Å². The summed E-state index contributed by atoms with van der Waals surface area (Å²) in [6, 6.07) is 5.72. The molecule has 152 valence electrons. The van der Waals surface area contributed by atoms with Crippen molar-refractivity contribution in [3.8, 4) is 11.3 Å². The van der Waals surface area contributed by atoms with E-state index in [-0.39, 0.29) is 17.9 Å². The number of pyridine rings is 3. The third-order valence-corrected chi connectivity index (χ3v) is 5.07. The normalized spacial score (nSPS) is 15.4. The third kappa shape index (κ3) is 4.12. The van der Waals surface area contributed by atoms with E-state index in [1.165, 1.54) is 6.92 Å². The molecule has 0 aliphatic heterocycles. The number of nitrogens with two attached hydrogens (primary N) is 1. The van der Waals surface area contributed by atoms with E-state index in [0.717, 1.165) is 27.8 Å². The molecule has 1 fully saturated rings. The minimum absolute atomic E-state index is 0.0570. The standard InChI is InChI=1S/C22H22N6O2/c1-12-3-4-24-10-17(12)19-8-15-9-20(25-11-18(15)22(23)27-19)28-21(30)7-14-5-16(6-14)26-13(2)29/h3-4,7-11,16H,5-6H2,1-2H3,(H2,23,27)(H,26,29)(H,25,28,30). The van der Waals surface area contributed by atoms with Crippen LogP contribution in [0.3, 0.4) is 0 Å². The van der Waals surface area contributed by atoms with Crippen molar-refractivity contribution in [2.45, 2.75) is 32.7 Å². The molecule has 8 heteroatoms. The summed E-state index contributed by atoms with van der Waals surface area (Å²) in [5, 5.41) is 7.17. The van der Waals surface area contributed by atoms with Gasteiger partial charge in [-0.2, -0.15) is 0 Å².